The van der Waals surface area contributed by atoms with E-state index in [1.165, 1.54) is 57.8 Å². The molecule has 0 atom stereocenters. The smallest absolute Gasteiger partial charge is 0.131 e. The predicted molar refractivity (Wildman–Crippen MR) is 102 cm³/mol. The third-order valence-corrected chi connectivity index (χ3v) is 6.67. The van der Waals surface area contributed by atoms with Gasteiger partial charge in [0.1, 0.15) is 11.6 Å². The maximum atomic E-state index is 14.2. The van der Waals surface area contributed by atoms with E-state index in [0.717, 1.165) is 30.2 Å². The van der Waals surface area contributed by atoms with E-state index < -0.39 is 11.6 Å². The molecule has 0 radical (unpaired) electrons. The summed E-state index contributed by atoms with van der Waals surface area (Å²) in [5, 5.41) is 0. The Bertz CT molecular complexity index is 592. The van der Waals surface area contributed by atoms with E-state index >= 15 is 0 Å². The topological polar surface area (TPSA) is 9.23 Å². The molecule has 3 rings (SSSR count). The van der Waals surface area contributed by atoms with Crippen molar-refractivity contribution in [3.05, 3.63) is 46.5 Å². The molecule has 4 heteroatoms. The Morgan fingerprint density at radius 3 is 2.00 bits per heavy atom. The second-order valence-electron chi connectivity index (χ2n) is 8.00. The van der Waals surface area contributed by atoms with Crippen LogP contribution >= 0.6 is 11.6 Å². The highest BCUT2D eigenvalue weighted by molar-refractivity contribution is 6.25. The number of ether oxygens (including phenoxy) is 1. The van der Waals surface area contributed by atoms with Gasteiger partial charge in [0.2, 0.25) is 0 Å². The number of halogens is 3. The highest BCUT2D eigenvalue weighted by atomic mass is 35.5. The summed E-state index contributed by atoms with van der Waals surface area (Å²) in [4.78, 5) is 0. The molecule has 144 valence electrons. The SMILES string of the molecule is COCc1c(F)cc(C2CCC(C3CCC(C=CCl)CC3)CC2)cc1F. The van der Waals surface area contributed by atoms with Gasteiger partial charge < -0.3 is 4.74 Å². The maximum Gasteiger partial charge on any atom is 0.131 e. The van der Waals surface area contributed by atoms with Gasteiger partial charge in [0, 0.05) is 18.2 Å². The fraction of sp³-hybridized carbons (Fsp3) is 0.636. The van der Waals surface area contributed by atoms with Crippen LogP contribution in [0.15, 0.2) is 23.7 Å². The molecule has 0 unspecified atom stereocenters. The van der Waals surface area contributed by atoms with Crippen LogP contribution in [0.4, 0.5) is 8.78 Å². The monoisotopic (exact) mass is 382 g/mol. The van der Waals surface area contributed by atoms with Gasteiger partial charge in [-0.2, -0.15) is 0 Å². The van der Waals surface area contributed by atoms with Crippen molar-refractivity contribution in [3.63, 3.8) is 0 Å². The van der Waals surface area contributed by atoms with Crippen LogP contribution in [0, 0.1) is 29.4 Å². The first-order chi connectivity index (χ1) is 12.6. The molecule has 0 heterocycles. The number of hydrogen-bond donors (Lipinski definition) is 0. The number of methoxy groups -OCH3 is 1. The van der Waals surface area contributed by atoms with E-state index in [4.69, 9.17) is 16.3 Å². The van der Waals surface area contributed by atoms with Crippen LogP contribution in [-0.2, 0) is 11.3 Å². The lowest BCUT2D eigenvalue weighted by molar-refractivity contribution is 0.171. The third kappa shape index (κ3) is 4.67. The zero-order valence-corrected chi connectivity index (χ0v) is 16.3. The molecule has 0 aliphatic heterocycles. The van der Waals surface area contributed by atoms with Crippen molar-refractivity contribution in [2.75, 3.05) is 7.11 Å². The summed E-state index contributed by atoms with van der Waals surface area (Å²) in [6.45, 7) is -0.0216. The van der Waals surface area contributed by atoms with Gasteiger partial charge in [-0.25, -0.2) is 8.78 Å². The van der Waals surface area contributed by atoms with Crippen molar-refractivity contribution < 1.29 is 13.5 Å². The first-order valence-corrected chi connectivity index (χ1v) is 10.3. The summed E-state index contributed by atoms with van der Waals surface area (Å²) in [6.07, 6.45) is 11.6. The van der Waals surface area contributed by atoms with Gasteiger partial charge in [0.15, 0.2) is 0 Å². The Labute approximate surface area is 160 Å². The number of rotatable bonds is 5. The third-order valence-electron chi connectivity index (χ3n) is 6.52. The molecule has 26 heavy (non-hydrogen) atoms. The summed E-state index contributed by atoms with van der Waals surface area (Å²) < 4.78 is 33.3. The first-order valence-electron chi connectivity index (χ1n) is 9.86. The molecule has 2 aliphatic carbocycles. The van der Waals surface area contributed by atoms with Crippen LogP contribution in [0.25, 0.3) is 0 Å². The number of allylic oxidation sites excluding steroid dienone is 1. The summed E-state index contributed by atoms with van der Waals surface area (Å²) in [5.41, 5.74) is 2.51. The maximum absolute atomic E-state index is 14.2. The minimum Gasteiger partial charge on any atom is -0.380 e. The van der Waals surface area contributed by atoms with E-state index in [1.54, 1.807) is 5.54 Å². The van der Waals surface area contributed by atoms with Crippen LogP contribution in [0.1, 0.15) is 68.4 Å². The molecule has 0 aromatic heterocycles. The van der Waals surface area contributed by atoms with Gasteiger partial charge in [-0.3, -0.25) is 0 Å². The normalized spacial score (nSPS) is 30.0. The van der Waals surface area contributed by atoms with Gasteiger partial charge in [0.05, 0.1) is 6.61 Å². The summed E-state index contributed by atoms with van der Waals surface area (Å²) in [6, 6.07) is 3.04. The van der Waals surface area contributed by atoms with Gasteiger partial charge in [-0.1, -0.05) is 17.7 Å². The van der Waals surface area contributed by atoms with E-state index in [2.05, 4.69) is 6.08 Å². The summed E-state index contributed by atoms with van der Waals surface area (Å²) in [5.74, 6) is 1.56. The van der Waals surface area contributed by atoms with Crippen LogP contribution < -0.4 is 0 Å². The van der Waals surface area contributed by atoms with Crippen molar-refractivity contribution in [1.82, 2.24) is 0 Å². The Morgan fingerprint density at radius 2 is 1.50 bits per heavy atom. The number of hydrogen-bond acceptors (Lipinski definition) is 1. The molecule has 1 aromatic carbocycles. The first kappa shape index (κ1) is 19.8. The van der Waals surface area contributed by atoms with Gasteiger partial charge in [-0.05, 0) is 92.7 Å². The van der Waals surface area contributed by atoms with Crippen LogP contribution in [-0.4, -0.2) is 7.11 Å². The van der Waals surface area contributed by atoms with Gasteiger partial charge in [-0.15, -0.1) is 0 Å². The lowest BCUT2D eigenvalue weighted by Crippen LogP contribution is -2.25. The van der Waals surface area contributed by atoms with Crippen molar-refractivity contribution >= 4 is 11.6 Å². The number of benzene rings is 1. The molecule has 0 saturated heterocycles. The Morgan fingerprint density at radius 1 is 0.962 bits per heavy atom. The molecule has 2 aliphatic rings. The Hall–Kier alpha value is -0.930. The average molecular weight is 383 g/mol. The lowest BCUT2D eigenvalue weighted by atomic mass is 9.68. The van der Waals surface area contributed by atoms with E-state index in [1.807, 2.05) is 0 Å². The largest absolute Gasteiger partial charge is 0.380 e. The van der Waals surface area contributed by atoms with E-state index in [0.29, 0.717) is 5.92 Å². The fourth-order valence-corrected chi connectivity index (χ4v) is 5.18. The summed E-state index contributed by atoms with van der Waals surface area (Å²) in [7, 11) is 1.45. The van der Waals surface area contributed by atoms with E-state index in [9.17, 15) is 8.78 Å². The second-order valence-corrected chi connectivity index (χ2v) is 8.25. The Kier molecular flexibility index (Phi) is 7.11. The molecule has 0 amide bonds. The molecule has 2 fully saturated rings. The van der Waals surface area contributed by atoms with Gasteiger partial charge in [0.25, 0.3) is 0 Å². The standard InChI is InChI=1S/C22H29ClF2O/c1-26-14-20-21(24)12-19(13-22(20)25)18-8-6-17(7-9-18)16-4-2-15(3-5-16)10-11-23/h10-13,15-18H,2-9,14H2,1H3. The molecule has 0 bridgehead atoms. The molecule has 1 aromatic rings. The highest BCUT2D eigenvalue weighted by Crippen LogP contribution is 2.44. The summed E-state index contributed by atoms with van der Waals surface area (Å²) >= 11 is 5.70. The Balaban J connectivity index is 1.56. The fourth-order valence-electron chi connectivity index (χ4n) is 4.98. The molecule has 1 nitrogen and oxygen atoms in total. The molecule has 2 saturated carbocycles. The van der Waals surface area contributed by atoms with Crippen molar-refractivity contribution in [2.24, 2.45) is 17.8 Å². The quantitative estimate of drug-likeness (QED) is 0.535. The van der Waals surface area contributed by atoms with Crippen LogP contribution in [0.5, 0.6) is 0 Å². The average Bonchev–Trinajstić information content (AvgIpc) is 2.66. The van der Waals surface area contributed by atoms with E-state index in [-0.39, 0.29) is 18.1 Å². The second kappa shape index (κ2) is 9.32. The predicted octanol–water partition coefficient (Wildman–Crippen LogP) is 6.94. The molecule has 0 N–H and O–H groups in total. The van der Waals surface area contributed by atoms with Crippen molar-refractivity contribution in [3.8, 4) is 0 Å². The van der Waals surface area contributed by atoms with Crippen LogP contribution in [0.3, 0.4) is 0 Å². The van der Waals surface area contributed by atoms with Crippen molar-refractivity contribution in [1.29, 1.82) is 0 Å². The highest BCUT2D eigenvalue weighted by Gasteiger charge is 2.31. The van der Waals surface area contributed by atoms with Crippen LogP contribution in [0.2, 0.25) is 0 Å². The zero-order chi connectivity index (χ0) is 18.5. The molecular weight excluding hydrogens is 354 g/mol. The lowest BCUT2D eigenvalue weighted by Gasteiger charge is -2.37. The molecular formula is C22H29ClF2O. The minimum absolute atomic E-state index is 0.0216. The zero-order valence-electron chi connectivity index (χ0n) is 15.5. The van der Waals surface area contributed by atoms with Crippen molar-refractivity contribution in [2.45, 2.75) is 63.9 Å². The molecule has 0 spiro atoms. The van der Waals surface area contributed by atoms with Gasteiger partial charge >= 0.3 is 0 Å². The minimum atomic E-state index is -0.477.